The summed E-state index contributed by atoms with van der Waals surface area (Å²) >= 11 is 1.66. The number of nitrogens with one attached hydrogen (secondary N) is 1. The minimum Gasteiger partial charge on any atom is -0.462 e. The molecule has 2 atom stereocenters. The van der Waals surface area contributed by atoms with Crippen LogP contribution < -0.4 is 5.32 Å². The molecule has 0 unspecified atom stereocenters. The Kier molecular flexibility index (Phi) is 4.54. The number of carbonyl (C=O) groups is 3. The molecule has 6 nitrogen and oxygen atoms in total. The van der Waals surface area contributed by atoms with Gasteiger partial charge in [-0.05, 0) is 44.5 Å². The maximum absolute atomic E-state index is 12.6. The first kappa shape index (κ1) is 16.8. The number of benzene rings is 1. The van der Waals surface area contributed by atoms with Crippen LogP contribution in [0.3, 0.4) is 0 Å². The Morgan fingerprint density at radius 3 is 2.75 bits per heavy atom. The molecule has 3 rings (SSSR count). The molecule has 0 radical (unpaired) electrons. The Labute approximate surface area is 144 Å². The van der Waals surface area contributed by atoms with Crippen LogP contribution in [0.5, 0.6) is 0 Å². The van der Waals surface area contributed by atoms with Crippen LogP contribution in [-0.2, 0) is 14.3 Å². The van der Waals surface area contributed by atoms with Gasteiger partial charge in [0.1, 0.15) is 6.04 Å². The summed E-state index contributed by atoms with van der Waals surface area (Å²) in [4.78, 5) is 37.7. The second-order valence-electron chi connectivity index (χ2n) is 6.05. The molecule has 2 fully saturated rings. The van der Waals surface area contributed by atoms with Crippen molar-refractivity contribution in [1.29, 1.82) is 0 Å². The van der Waals surface area contributed by atoms with E-state index in [-0.39, 0.29) is 22.7 Å². The van der Waals surface area contributed by atoms with Crippen LogP contribution in [0.4, 0.5) is 5.69 Å². The molecule has 7 heteroatoms. The highest BCUT2D eigenvalue weighted by Crippen LogP contribution is 2.47. The molecule has 2 heterocycles. The number of hydrogen-bond donors (Lipinski definition) is 1. The molecule has 0 aliphatic carbocycles. The van der Waals surface area contributed by atoms with Crippen LogP contribution in [-0.4, -0.2) is 46.0 Å². The van der Waals surface area contributed by atoms with Gasteiger partial charge in [0, 0.05) is 17.9 Å². The summed E-state index contributed by atoms with van der Waals surface area (Å²) in [7, 11) is 0. The highest BCUT2D eigenvalue weighted by Gasteiger charge is 2.52. The number of rotatable bonds is 4. The average Bonchev–Trinajstić information content (AvgIpc) is 3.05. The number of nitrogens with zero attached hydrogens (tertiary/aromatic N) is 1. The van der Waals surface area contributed by atoms with Gasteiger partial charge in [0.15, 0.2) is 0 Å². The molecule has 0 saturated carbocycles. The van der Waals surface area contributed by atoms with Gasteiger partial charge >= 0.3 is 5.97 Å². The number of carbonyl (C=O) groups excluding carboxylic acids is 3. The van der Waals surface area contributed by atoms with Crippen LogP contribution in [0.1, 0.15) is 37.0 Å². The Morgan fingerprint density at radius 1 is 1.38 bits per heavy atom. The van der Waals surface area contributed by atoms with Gasteiger partial charge < -0.3 is 15.0 Å². The monoisotopic (exact) mass is 348 g/mol. The topological polar surface area (TPSA) is 75.7 Å². The summed E-state index contributed by atoms with van der Waals surface area (Å²) in [5, 5.41) is 2.83. The van der Waals surface area contributed by atoms with Crippen LogP contribution in [0.25, 0.3) is 0 Å². The highest BCUT2D eigenvalue weighted by molar-refractivity contribution is 8.01. The number of anilines is 1. The number of amides is 2. The van der Waals surface area contributed by atoms with E-state index in [1.165, 1.54) is 0 Å². The van der Waals surface area contributed by atoms with Crippen LogP contribution in [0, 0.1) is 0 Å². The molecule has 2 aliphatic heterocycles. The molecule has 2 saturated heterocycles. The van der Waals surface area contributed by atoms with Crippen molar-refractivity contribution >= 4 is 35.2 Å². The quantitative estimate of drug-likeness (QED) is 0.845. The fraction of sp³-hybridized carbons (Fsp3) is 0.471. The maximum Gasteiger partial charge on any atom is 0.338 e. The highest BCUT2D eigenvalue weighted by atomic mass is 32.2. The molecule has 0 aromatic heterocycles. The standard InChI is InChI=1S/C17H20N2O4S/c1-3-23-16(22)11-4-6-12(7-5-11)18-15(21)13-10-24-17(2)9-8-14(20)19(13)17/h4-7,13H,3,8-10H2,1-2H3,(H,18,21)/t13-,17-/m0/s1. The third-order valence-electron chi connectivity index (χ3n) is 4.41. The second-order valence-corrected chi connectivity index (χ2v) is 7.55. The van der Waals surface area contributed by atoms with Crippen molar-refractivity contribution < 1.29 is 19.1 Å². The van der Waals surface area contributed by atoms with Crippen LogP contribution in [0.15, 0.2) is 24.3 Å². The van der Waals surface area contributed by atoms with E-state index >= 15 is 0 Å². The lowest BCUT2D eigenvalue weighted by Crippen LogP contribution is -2.48. The number of hydrogen-bond acceptors (Lipinski definition) is 5. The third-order valence-corrected chi connectivity index (χ3v) is 5.92. The van der Waals surface area contributed by atoms with E-state index in [1.54, 1.807) is 47.9 Å². The van der Waals surface area contributed by atoms with Gasteiger partial charge in [-0.2, -0.15) is 0 Å². The van der Waals surface area contributed by atoms with Crippen molar-refractivity contribution in [3.8, 4) is 0 Å². The van der Waals surface area contributed by atoms with E-state index in [0.717, 1.165) is 6.42 Å². The Balaban J connectivity index is 1.67. The summed E-state index contributed by atoms with van der Waals surface area (Å²) in [5.74, 6) is 0.0706. The zero-order chi connectivity index (χ0) is 17.3. The normalized spacial score (nSPS) is 25.5. The Morgan fingerprint density at radius 2 is 2.08 bits per heavy atom. The van der Waals surface area contributed by atoms with Crippen molar-refractivity contribution in [3.63, 3.8) is 0 Å². The third kappa shape index (κ3) is 3.00. The lowest BCUT2D eigenvalue weighted by Gasteiger charge is -2.29. The van der Waals surface area contributed by atoms with E-state index in [4.69, 9.17) is 4.74 Å². The summed E-state index contributed by atoms with van der Waals surface area (Å²) in [6.07, 6.45) is 1.29. The van der Waals surface area contributed by atoms with Crippen LogP contribution in [0.2, 0.25) is 0 Å². The molecule has 1 aromatic rings. The first-order chi connectivity index (χ1) is 11.4. The van der Waals surface area contributed by atoms with Gasteiger partial charge in [0.25, 0.3) is 0 Å². The van der Waals surface area contributed by atoms with E-state index in [9.17, 15) is 14.4 Å². The van der Waals surface area contributed by atoms with E-state index in [2.05, 4.69) is 5.32 Å². The number of fused-ring (bicyclic) bond motifs is 1. The summed E-state index contributed by atoms with van der Waals surface area (Å²) in [6, 6.07) is 6.11. The molecule has 128 valence electrons. The first-order valence-electron chi connectivity index (χ1n) is 7.99. The van der Waals surface area contributed by atoms with Gasteiger partial charge in [-0.3, -0.25) is 9.59 Å². The zero-order valence-corrected chi connectivity index (χ0v) is 14.5. The lowest BCUT2D eigenvalue weighted by molar-refractivity contribution is -0.135. The van der Waals surface area contributed by atoms with Crippen molar-refractivity contribution in [2.24, 2.45) is 0 Å². The SMILES string of the molecule is CCOC(=O)c1ccc(NC(=O)[C@@H]2CS[C@@]3(C)CCC(=O)N23)cc1. The summed E-state index contributed by atoms with van der Waals surface area (Å²) in [6.45, 7) is 4.09. The summed E-state index contributed by atoms with van der Waals surface area (Å²) < 4.78 is 4.93. The van der Waals surface area contributed by atoms with E-state index in [0.29, 0.717) is 30.0 Å². The Bertz CT molecular complexity index is 676. The van der Waals surface area contributed by atoms with Gasteiger partial charge in [0.05, 0.1) is 17.0 Å². The summed E-state index contributed by atoms with van der Waals surface area (Å²) in [5.41, 5.74) is 1.03. The molecule has 24 heavy (non-hydrogen) atoms. The molecule has 2 amide bonds. The van der Waals surface area contributed by atoms with Crippen molar-refractivity contribution in [3.05, 3.63) is 29.8 Å². The second kappa shape index (κ2) is 6.47. The smallest absolute Gasteiger partial charge is 0.338 e. The Hall–Kier alpha value is -2.02. The van der Waals surface area contributed by atoms with Crippen LogP contribution >= 0.6 is 11.8 Å². The minimum absolute atomic E-state index is 0.0420. The average molecular weight is 348 g/mol. The van der Waals surface area contributed by atoms with Crippen molar-refractivity contribution in [2.75, 3.05) is 17.7 Å². The van der Waals surface area contributed by atoms with Gasteiger partial charge in [0.2, 0.25) is 11.8 Å². The number of ether oxygens (including phenoxy) is 1. The molecule has 0 bridgehead atoms. The first-order valence-corrected chi connectivity index (χ1v) is 8.97. The predicted octanol–water partition coefficient (Wildman–Crippen LogP) is 2.26. The van der Waals surface area contributed by atoms with Gasteiger partial charge in [-0.1, -0.05) is 0 Å². The maximum atomic E-state index is 12.6. The zero-order valence-electron chi connectivity index (χ0n) is 13.7. The fourth-order valence-electron chi connectivity index (χ4n) is 3.14. The predicted molar refractivity (Wildman–Crippen MR) is 91.8 cm³/mol. The van der Waals surface area contributed by atoms with Gasteiger partial charge in [-0.15, -0.1) is 11.8 Å². The largest absolute Gasteiger partial charge is 0.462 e. The van der Waals surface area contributed by atoms with E-state index in [1.807, 2.05) is 6.92 Å². The molecule has 0 spiro atoms. The molecular weight excluding hydrogens is 328 g/mol. The van der Waals surface area contributed by atoms with E-state index < -0.39 is 6.04 Å². The molecule has 1 N–H and O–H groups in total. The van der Waals surface area contributed by atoms with Crippen molar-refractivity contribution in [2.45, 2.75) is 37.6 Å². The molecule has 2 aliphatic rings. The number of esters is 1. The lowest BCUT2D eigenvalue weighted by atomic mass is 10.2. The fourth-order valence-corrected chi connectivity index (χ4v) is 4.58. The molecular formula is C17H20N2O4S. The molecule has 1 aromatic carbocycles. The van der Waals surface area contributed by atoms with Crippen molar-refractivity contribution in [1.82, 2.24) is 4.90 Å². The number of thioether (sulfide) groups is 1. The van der Waals surface area contributed by atoms with Gasteiger partial charge in [-0.25, -0.2) is 4.79 Å². The minimum atomic E-state index is -0.445.